The van der Waals surface area contributed by atoms with Crippen LogP contribution < -0.4 is 14.8 Å². The lowest BCUT2D eigenvalue weighted by Crippen LogP contribution is -2.46. The Hall–Kier alpha value is -2.57. The number of hydrogen-bond acceptors (Lipinski definition) is 5. The van der Waals surface area contributed by atoms with Gasteiger partial charge in [-0.3, -0.25) is 9.69 Å². The number of fused-ring (bicyclic) bond motifs is 1. The van der Waals surface area contributed by atoms with Gasteiger partial charge in [-0.05, 0) is 48.7 Å². The highest BCUT2D eigenvalue weighted by atomic mass is 16.5. The Morgan fingerprint density at radius 2 is 1.87 bits per heavy atom. The standard InChI is InChI=1S/C25H33N3O3/c1-30-23-8-9-24-21(17-23)16-22(19-31-24)25(29)26-10-5-11-27-12-14-28(15-13-27)18-20-6-3-2-4-7-20/h2-4,6-9,17,22H,5,10-16,18-19H2,1H3,(H,26,29). The molecule has 1 amide bonds. The highest BCUT2D eigenvalue weighted by Gasteiger charge is 2.26. The number of ether oxygens (including phenoxy) is 2. The predicted octanol–water partition coefficient (Wildman–Crippen LogP) is 2.57. The molecule has 2 aromatic carbocycles. The van der Waals surface area contributed by atoms with Crippen LogP contribution >= 0.6 is 0 Å². The number of hydrogen-bond donors (Lipinski definition) is 1. The van der Waals surface area contributed by atoms with Gasteiger partial charge in [-0.1, -0.05) is 30.3 Å². The molecule has 0 bridgehead atoms. The molecule has 0 aromatic heterocycles. The van der Waals surface area contributed by atoms with Crippen LogP contribution in [0.15, 0.2) is 48.5 Å². The van der Waals surface area contributed by atoms with Crippen molar-refractivity contribution in [3.05, 3.63) is 59.7 Å². The van der Waals surface area contributed by atoms with E-state index in [1.807, 2.05) is 18.2 Å². The van der Waals surface area contributed by atoms with Crippen molar-refractivity contribution in [1.29, 1.82) is 0 Å². The van der Waals surface area contributed by atoms with E-state index in [9.17, 15) is 4.79 Å². The Morgan fingerprint density at radius 3 is 2.65 bits per heavy atom. The molecule has 1 unspecified atom stereocenters. The lowest BCUT2D eigenvalue weighted by atomic mass is 9.96. The summed E-state index contributed by atoms with van der Waals surface area (Å²) in [5, 5.41) is 3.11. The van der Waals surface area contributed by atoms with Gasteiger partial charge in [-0.15, -0.1) is 0 Å². The molecule has 166 valence electrons. The van der Waals surface area contributed by atoms with Gasteiger partial charge in [-0.25, -0.2) is 0 Å². The smallest absolute Gasteiger partial charge is 0.226 e. The summed E-state index contributed by atoms with van der Waals surface area (Å²) >= 11 is 0. The van der Waals surface area contributed by atoms with E-state index in [2.05, 4.69) is 45.4 Å². The van der Waals surface area contributed by atoms with E-state index in [4.69, 9.17) is 9.47 Å². The lowest BCUT2D eigenvalue weighted by Gasteiger charge is -2.34. The summed E-state index contributed by atoms with van der Waals surface area (Å²) in [6.07, 6.45) is 1.67. The van der Waals surface area contributed by atoms with E-state index in [0.717, 1.165) is 62.8 Å². The molecule has 2 aliphatic heterocycles. The molecule has 2 heterocycles. The van der Waals surface area contributed by atoms with E-state index >= 15 is 0 Å². The third-order valence-electron chi connectivity index (χ3n) is 6.21. The number of carbonyl (C=O) groups excluding carboxylic acids is 1. The van der Waals surface area contributed by atoms with Gasteiger partial charge in [0.15, 0.2) is 0 Å². The van der Waals surface area contributed by atoms with Gasteiger partial charge in [0.05, 0.1) is 13.0 Å². The van der Waals surface area contributed by atoms with E-state index in [1.165, 1.54) is 5.56 Å². The second-order valence-corrected chi connectivity index (χ2v) is 8.43. The van der Waals surface area contributed by atoms with Crippen molar-refractivity contribution in [2.24, 2.45) is 5.92 Å². The Balaban J connectivity index is 1.13. The Labute approximate surface area is 185 Å². The molecule has 6 nitrogen and oxygen atoms in total. The van der Waals surface area contributed by atoms with Crippen molar-refractivity contribution in [3.63, 3.8) is 0 Å². The van der Waals surface area contributed by atoms with Crippen LogP contribution in [-0.2, 0) is 17.8 Å². The maximum absolute atomic E-state index is 12.6. The van der Waals surface area contributed by atoms with Crippen molar-refractivity contribution in [3.8, 4) is 11.5 Å². The van der Waals surface area contributed by atoms with Gasteiger partial charge >= 0.3 is 0 Å². The van der Waals surface area contributed by atoms with Gasteiger partial charge in [0.1, 0.15) is 18.1 Å². The number of nitrogens with zero attached hydrogens (tertiary/aromatic N) is 2. The first-order valence-corrected chi connectivity index (χ1v) is 11.3. The molecule has 4 rings (SSSR count). The molecule has 0 saturated carbocycles. The van der Waals surface area contributed by atoms with Crippen molar-refractivity contribution >= 4 is 5.91 Å². The first kappa shape index (κ1) is 21.7. The number of methoxy groups -OCH3 is 1. The predicted molar refractivity (Wildman–Crippen MR) is 121 cm³/mol. The number of benzene rings is 2. The largest absolute Gasteiger partial charge is 0.497 e. The lowest BCUT2D eigenvalue weighted by molar-refractivity contribution is -0.126. The fourth-order valence-corrected chi connectivity index (χ4v) is 4.34. The second kappa shape index (κ2) is 10.6. The van der Waals surface area contributed by atoms with Gasteiger partial charge < -0.3 is 19.7 Å². The normalized spacial score (nSPS) is 19.3. The number of rotatable bonds is 8. The summed E-state index contributed by atoms with van der Waals surface area (Å²) in [4.78, 5) is 17.6. The monoisotopic (exact) mass is 423 g/mol. The molecular formula is C25H33N3O3. The highest BCUT2D eigenvalue weighted by molar-refractivity contribution is 5.79. The van der Waals surface area contributed by atoms with Crippen LogP contribution in [0.25, 0.3) is 0 Å². The Bertz CT molecular complexity index is 850. The van der Waals surface area contributed by atoms with Crippen molar-refractivity contribution < 1.29 is 14.3 Å². The fourth-order valence-electron chi connectivity index (χ4n) is 4.34. The molecule has 1 fully saturated rings. The van der Waals surface area contributed by atoms with Gasteiger partial charge in [0.25, 0.3) is 0 Å². The maximum Gasteiger partial charge on any atom is 0.226 e. The second-order valence-electron chi connectivity index (χ2n) is 8.43. The summed E-state index contributed by atoms with van der Waals surface area (Å²) in [7, 11) is 1.65. The molecule has 1 saturated heterocycles. The van der Waals surface area contributed by atoms with E-state index in [1.54, 1.807) is 7.11 Å². The third kappa shape index (κ3) is 5.99. The number of amides is 1. The summed E-state index contributed by atoms with van der Waals surface area (Å²) in [6.45, 7) is 7.60. The summed E-state index contributed by atoms with van der Waals surface area (Å²) in [6, 6.07) is 16.4. The summed E-state index contributed by atoms with van der Waals surface area (Å²) in [5.74, 6) is 1.60. The zero-order valence-corrected chi connectivity index (χ0v) is 18.4. The van der Waals surface area contributed by atoms with Crippen LogP contribution in [-0.4, -0.2) is 68.7 Å². The quantitative estimate of drug-likeness (QED) is 0.662. The van der Waals surface area contributed by atoms with E-state index < -0.39 is 0 Å². The summed E-state index contributed by atoms with van der Waals surface area (Å²) < 4.78 is 11.1. The highest BCUT2D eigenvalue weighted by Crippen LogP contribution is 2.30. The van der Waals surface area contributed by atoms with Gasteiger partial charge in [0, 0.05) is 39.3 Å². The van der Waals surface area contributed by atoms with Crippen LogP contribution in [0, 0.1) is 5.92 Å². The van der Waals surface area contributed by atoms with Gasteiger partial charge in [0.2, 0.25) is 5.91 Å². The minimum atomic E-state index is -0.138. The van der Waals surface area contributed by atoms with Crippen LogP contribution in [0.4, 0.5) is 0 Å². The molecule has 1 N–H and O–H groups in total. The first-order chi connectivity index (χ1) is 15.2. The molecular weight excluding hydrogens is 390 g/mol. The average Bonchev–Trinajstić information content (AvgIpc) is 2.82. The molecule has 2 aromatic rings. The van der Waals surface area contributed by atoms with Crippen molar-refractivity contribution in [2.45, 2.75) is 19.4 Å². The number of nitrogens with one attached hydrogen (secondary N) is 1. The van der Waals surface area contributed by atoms with Crippen LogP contribution in [0.2, 0.25) is 0 Å². The van der Waals surface area contributed by atoms with Crippen molar-refractivity contribution in [2.75, 3.05) is 53.0 Å². The Kier molecular flexibility index (Phi) is 7.43. The Morgan fingerprint density at radius 1 is 1.10 bits per heavy atom. The van der Waals surface area contributed by atoms with Crippen LogP contribution in [0.1, 0.15) is 17.5 Å². The molecule has 2 aliphatic rings. The van der Waals surface area contributed by atoms with E-state index in [-0.39, 0.29) is 11.8 Å². The minimum absolute atomic E-state index is 0.0844. The average molecular weight is 424 g/mol. The van der Waals surface area contributed by atoms with E-state index in [0.29, 0.717) is 19.6 Å². The molecule has 31 heavy (non-hydrogen) atoms. The SMILES string of the molecule is COc1ccc2c(c1)CC(C(=O)NCCCN1CCN(Cc3ccccc3)CC1)CO2. The maximum atomic E-state index is 12.6. The van der Waals surface area contributed by atoms with Crippen molar-refractivity contribution in [1.82, 2.24) is 15.1 Å². The van der Waals surface area contributed by atoms with Crippen LogP contribution in [0.5, 0.6) is 11.5 Å². The van der Waals surface area contributed by atoms with Crippen LogP contribution in [0.3, 0.4) is 0 Å². The number of piperazine rings is 1. The minimum Gasteiger partial charge on any atom is -0.497 e. The fraction of sp³-hybridized carbons (Fsp3) is 0.480. The molecule has 6 heteroatoms. The zero-order valence-electron chi connectivity index (χ0n) is 18.4. The number of carbonyl (C=O) groups is 1. The first-order valence-electron chi connectivity index (χ1n) is 11.3. The van der Waals surface area contributed by atoms with Gasteiger partial charge in [-0.2, -0.15) is 0 Å². The molecule has 0 radical (unpaired) electrons. The summed E-state index contributed by atoms with van der Waals surface area (Å²) in [5.41, 5.74) is 2.42. The molecule has 1 atom stereocenters. The topological polar surface area (TPSA) is 54.0 Å². The zero-order chi connectivity index (χ0) is 21.5. The third-order valence-corrected chi connectivity index (χ3v) is 6.21. The molecule has 0 spiro atoms. The molecule has 0 aliphatic carbocycles.